The van der Waals surface area contributed by atoms with E-state index < -0.39 is 12.1 Å². The van der Waals surface area contributed by atoms with Crippen LogP contribution in [-0.2, 0) is 11.2 Å². The van der Waals surface area contributed by atoms with E-state index >= 15 is 0 Å². The van der Waals surface area contributed by atoms with Gasteiger partial charge in [-0.15, -0.1) is 0 Å². The Morgan fingerprint density at radius 2 is 2.29 bits per heavy atom. The van der Waals surface area contributed by atoms with Crippen molar-refractivity contribution in [3.05, 3.63) is 30.1 Å². The van der Waals surface area contributed by atoms with E-state index in [1.54, 1.807) is 17.3 Å². The number of likely N-dealkylation sites (tertiary alicyclic amines) is 1. The quantitative estimate of drug-likeness (QED) is 0.743. The van der Waals surface area contributed by atoms with Crippen LogP contribution in [0.25, 0.3) is 0 Å². The van der Waals surface area contributed by atoms with E-state index in [1.165, 1.54) is 0 Å². The molecule has 5 heteroatoms. The zero-order valence-corrected chi connectivity index (χ0v) is 9.62. The molecule has 1 aliphatic heterocycles. The molecule has 1 aromatic heterocycles. The number of carbonyl (C=O) groups is 1. The van der Waals surface area contributed by atoms with Crippen LogP contribution in [0.5, 0.6) is 0 Å². The van der Waals surface area contributed by atoms with Gasteiger partial charge in [-0.05, 0) is 30.5 Å². The molecule has 17 heavy (non-hydrogen) atoms. The molecule has 0 saturated carbocycles. The number of aliphatic hydroxyl groups is 1. The van der Waals surface area contributed by atoms with Gasteiger partial charge in [-0.3, -0.25) is 9.78 Å². The lowest BCUT2D eigenvalue weighted by Crippen LogP contribution is -2.44. The number of nitrogens with two attached hydrogens (primary N) is 1. The van der Waals surface area contributed by atoms with Crippen LogP contribution >= 0.6 is 0 Å². The summed E-state index contributed by atoms with van der Waals surface area (Å²) in [5, 5.41) is 9.38. The standard InChI is InChI=1S/C12H17N3O2/c13-11(7-9-1-4-14-5-2-9)12(17)15-6-3-10(16)8-15/h1-2,4-5,10-11,16H,3,6-8,13H2/t10-,11-/m1/s1. The van der Waals surface area contributed by atoms with Gasteiger partial charge in [0.2, 0.25) is 5.91 Å². The Morgan fingerprint density at radius 1 is 1.59 bits per heavy atom. The van der Waals surface area contributed by atoms with E-state index in [0.29, 0.717) is 25.9 Å². The SMILES string of the molecule is N[C@H](Cc1ccncc1)C(=O)N1CC[C@@H](O)C1. The second-order valence-corrected chi connectivity index (χ2v) is 4.39. The highest BCUT2D eigenvalue weighted by molar-refractivity contribution is 5.82. The van der Waals surface area contributed by atoms with Gasteiger partial charge in [0.1, 0.15) is 0 Å². The van der Waals surface area contributed by atoms with Crippen molar-refractivity contribution in [2.24, 2.45) is 5.73 Å². The van der Waals surface area contributed by atoms with E-state index in [0.717, 1.165) is 5.56 Å². The number of hydrogen-bond donors (Lipinski definition) is 2. The lowest BCUT2D eigenvalue weighted by atomic mass is 10.1. The lowest BCUT2D eigenvalue weighted by molar-refractivity contribution is -0.131. The second kappa shape index (κ2) is 5.25. The summed E-state index contributed by atoms with van der Waals surface area (Å²) in [4.78, 5) is 17.5. The highest BCUT2D eigenvalue weighted by Crippen LogP contribution is 2.11. The van der Waals surface area contributed by atoms with Crippen molar-refractivity contribution in [2.45, 2.75) is 25.0 Å². The third kappa shape index (κ3) is 3.01. The molecule has 1 aromatic rings. The number of pyridine rings is 1. The first-order valence-electron chi connectivity index (χ1n) is 5.78. The third-order valence-electron chi connectivity index (χ3n) is 3.00. The van der Waals surface area contributed by atoms with E-state index in [1.807, 2.05) is 12.1 Å². The number of amides is 1. The Kier molecular flexibility index (Phi) is 3.71. The molecule has 1 fully saturated rings. The average molecular weight is 235 g/mol. The Hall–Kier alpha value is -1.46. The summed E-state index contributed by atoms with van der Waals surface area (Å²) in [7, 11) is 0. The molecule has 5 nitrogen and oxygen atoms in total. The average Bonchev–Trinajstić information content (AvgIpc) is 2.76. The van der Waals surface area contributed by atoms with Gasteiger partial charge >= 0.3 is 0 Å². The summed E-state index contributed by atoms with van der Waals surface area (Å²) in [6, 6.07) is 3.17. The summed E-state index contributed by atoms with van der Waals surface area (Å²) in [5.74, 6) is -0.0848. The minimum atomic E-state index is -0.539. The first kappa shape index (κ1) is 12.0. The lowest BCUT2D eigenvalue weighted by Gasteiger charge is -2.20. The number of hydrogen-bond acceptors (Lipinski definition) is 4. The first-order valence-corrected chi connectivity index (χ1v) is 5.78. The monoisotopic (exact) mass is 235 g/mol. The van der Waals surface area contributed by atoms with Crippen LogP contribution in [0.4, 0.5) is 0 Å². The number of aliphatic hydroxyl groups excluding tert-OH is 1. The molecule has 3 N–H and O–H groups in total. The first-order chi connectivity index (χ1) is 8.16. The van der Waals surface area contributed by atoms with Gasteiger partial charge in [0.15, 0.2) is 0 Å². The van der Waals surface area contributed by atoms with Crippen molar-refractivity contribution in [1.82, 2.24) is 9.88 Å². The summed E-state index contributed by atoms with van der Waals surface area (Å²) in [5.41, 5.74) is 6.88. The van der Waals surface area contributed by atoms with Crippen molar-refractivity contribution in [3.8, 4) is 0 Å². The third-order valence-corrected chi connectivity index (χ3v) is 3.00. The van der Waals surface area contributed by atoms with E-state index in [2.05, 4.69) is 4.98 Å². The van der Waals surface area contributed by atoms with Crippen LogP contribution in [0.2, 0.25) is 0 Å². The largest absolute Gasteiger partial charge is 0.391 e. The fraction of sp³-hybridized carbons (Fsp3) is 0.500. The van der Waals surface area contributed by atoms with Crippen molar-refractivity contribution in [3.63, 3.8) is 0 Å². The number of β-amino-alcohol motifs (C(OH)–C–C–N with tert-alkyl or cyclic N) is 1. The van der Waals surface area contributed by atoms with Crippen LogP contribution < -0.4 is 5.73 Å². The number of aromatic nitrogens is 1. The van der Waals surface area contributed by atoms with Crippen LogP contribution in [0.1, 0.15) is 12.0 Å². The van der Waals surface area contributed by atoms with Gasteiger partial charge in [0, 0.05) is 25.5 Å². The number of nitrogens with zero attached hydrogens (tertiary/aromatic N) is 2. The molecule has 0 spiro atoms. The van der Waals surface area contributed by atoms with Gasteiger partial charge in [0.05, 0.1) is 12.1 Å². The smallest absolute Gasteiger partial charge is 0.239 e. The summed E-state index contributed by atoms with van der Waals surface area (Å²) >= 11 is 0. The molecule has 1 saturated heterocycles. The predicted molar refractivity (Wildman–Crippen MR) is 63.1 cm³/mol. The molecular formula is C12H17N3O2. The van der Waals surface area contributed by atoms with Gasteiger partial charge in [0.25, 0.3) is 0 Å². The molecular weight excluding hydrogens is 218 g/mol. The molecule has 2 heterocycles. The van der Waals surface area contributed by atoms with Crippen molar-refractivity contribution in [2.75, 3.05) is 13.1 Å². The highest BCUT2D eigenvalue weighted by atomic mass is 16.3. The van der Waals surface area contributed by atoms with Gasteiger partial charge in [-0.2, -0.15) is 0 Å². The van der Waals surface area contributed by atoms with Gasteiger partial charge in [-0.1, -0.05) is 0 Å². The molecule has 0 unspecified atom stereocenters. The molecule has 0 aliphatic carbocycles. The summed E-state index contributed by atoms with van der Waals surface area (Å²) in [6.07, 6.45) is 4.13. The predicted octanol–water partition coefficient (Wildman–Crippen LogP) is -0.455. The van der Waals surface area contributed by atoms with E-state index in [-0.39, 0.29) is 5.91 Å². The normalized spacial score (nSPS) is 21.5. The highest BCUT2D eigenvalue weighted by Gasteiger charge is 2.27. The van der Waals surface area contributed by atoms with Crippen molar-refractivity contribution in [1.29, 1.82) is 0 Å². The molecule has 2 atom stereocenters. The van der Waals surface area contributed by atoms with E-state index in [4.69, 9.17) is 5.73 Å². The molecule has 0 bridgehead atoms. The molecule has 0 radical (unpaired) electrons. The van der Waals surface area contributed by atoms with Crippen LogP contribution in [0, 0.1) is 0 Å². The fourth-order valence-corrected chi connectivity index (χ4v) is 2.04. The Balaban J connectivity index is 1.92. The zero-order valence-electron chi connectivity index (χ0n) is 9.62. The minimum Gasteiger partial charge on any atom is -0.391 e. The van der Waals surface area contributed by atoms with Crippen LogP contribution in [0.3, 0.4) is 0 Å². The van der Waals surface area contributed by atoms with Crippen LogP contribution in [0.15, 0.2) is 24.5 Å². The Bertz CT molecular complexity index is 383. The minimum absolute atomic E-state index is 0.0848. The Morgan fingerprint density at radius 3 is 2.88 bits per heavy atom. The van der Waals surface area contributed by atoms with Crippen molar-refractivity contribution >= 4 is 5.91 Å². The number of carbonyl (C=O) groups excluding carboxylic acids is 1. The molecule has 92 valence electrons. The second-order valence-electron chi connectivity index (χ2n) is 4.39. The zero-order chi connectivity index (χ0) is 12.3. The fourth-order valence-electron chi connectivity index (χ4n) is 2.04. The topological polar surface area (TPSA) is 79.5 Å². The summed E-state index contributed by atoms with van der Waals surface area (Å²) < 4.78 is 0. The molecule has 2 rings (SSSR count). The maximum atomic E-state index is 12.0. The van der Waals surface area contributed by atoms with Crippen molar-refractivity contribution < 1.29 is 9.90 Å². The summed E-state index contributed by atoms with van der Waals surface area (Å²) in [6.45, 7) is 1.01. The Labute approximate surface area is 100 Å². The van der Waals surface area contributed by atoms with E-state index in [9.17, 15) is 9.90 Å². The van der Waals surface area contributed by atoms with Gasteiger partial charge in [-0.25, -0.2) is 0 Å². The molecule has 1 amide bonds. The molecule has 0 aromatic carbocycles. The maximum absolute atomic E-state index is 12.0. The maximum Gasteiger partial charge on any atom is 0.239 e. The number of rotatable bonds is 3. The van der Waals surface area contributed by atoms with Gasteiger partial charge < -0.3 is 15.7 Å². The molecule has 1 aliphatic rings. The van der Waals surface area contributed by atoms with Crippen LogP contribution in [-0.4, -0.2) is 46.1 Å².